The summed E-state index contributed by atoms with van der Waals surface area (Å²) in [5.74, 6) is -0.263. The molecule has 6 heteroatoms. The monoisotopic (exact) mass is 248 g/mol. The average molecular weight is 248 g/mol. The van der Waals surface area contributed by atoms with Gasteiger partial charge in [0.2, 0.25) is 5.91 Å². The van der Waals surface area contributed by atoms with E-state index >= 15 is 0 Å². The van der Waals surface area contributed by atoms with Crippen LogP contribution < -0.4 is 5.32 Å². The lowest BCUT2D eigenvalue weighted by atomic mass is 9.81. The lowest BCUT2D eigenvalue weighted by Crippen LogP contribution is -2.40. The third-order valence-electron chi connectivity index (χ3n) is 3.36. The SMILES string of the molecule is Cc1n[nH]c(C)c1NC(=O)C1(C#N)CCOCC1. The minimum Gasteiger partial charge on any atom is -0.381 e. The molecule has 1 aliphatic heterocycles. The van der Waals surface area contributed by atoms with Gasteiger partial charge in [0.05, 0.1) is 23.1 Å². The molecule has 2 rings (SSSR count). The van der Waals surface area contributed by atoms with Gasteiger partial charge in [-0.15, -0.1) is 0 Å². The number of rotatable bonds is 2. The van der Waals surface area contributed by atoms with Gasteiger partial charge in [-0.2, -0.15) is 10.4 Å². The standard InChI is InChI=1S/C12H16N4O2/c1-8-10(9(2)16-15-8)14-11(17)12(7-13)3-5-18-6-4-12/h3-6H2,1-2H3,(H,14,17)(H,15,16). The van der Waals surface area contributed by atoms with Gasteiger partial charge in [-0.3, -0.25) is 9.89 Å². The molecule has 1 saturated heterocycles. The number of aryl methyl sites for hydroxylation is 2. The van der Waals surface area contributed by atoms with Crippen molar-refractivity contribution >= 4 is 11.6 Å². The highest BCUT2D eigenvalue weighted by Crippen LogP contribution is 2.32. The van der Waals surface area contributed by atoms with E-state index in [-0.39, 0.29) is 5.91 Å². The number of aromatic nitrogens is 2. The van der Waals surface area contributed by atoms with E-state index in [0.29, 0.717) is 31.7 Å². The van der Waals surface area contributed by atoms with Crippen LogP contribution in [0.5, 0.6) is 0 Å². The van der Waals surface area contributed by atoms with Crippen molar-refractivity contribution in [1.82, 2.24) is 10.2 Å². The number of hydrogen-bond donors (Lipinski definition) is 2. The van der Waals surface area contributed by atoms with Crippen LogP contribution in [0.15, 0.2) is 0 Å². The highest BCUT2D eigenvalue weighted by atomic mass is 16.5. The second-order valence-corrected chi connectivity index (χ2v) is 4.57. The number of anilines is 1. The zero-order valence-corrected chi connectivity index (χ0v) is 10.5. The summed E-state index contributed by atoms with van der Waals surface area (Å²) in [5.41, 5.74) is 1.21. The summed E-state index contributed by atoms with van der Waals surface area (Å²) in [5, 5.41) is 18.9. The van der Waals surface area contributed by atoms with Gasteiger partial charge >= 0.3 is 0 Å². The lowest BCUT2D eigenvalue weighted by Gasteiger charge is -2.29. The molecular weight excluding hydrogens is 232 g/mol. The van der Waals surface area contributed by atoms with Crippen LogP contribution in [0.25, 0.3) is 0 Å². The number of H-pyrrole nitrogens is 1. The first-order chi connectivity index (χ1) is 8.59. The summed E-state index contributed by atoms with van der Waals surface area (Å²) in [6.45, 7) is 4.54. The van der Waals surface area contributed by atoms with Crippen molar-refractivity contribution in [3.8, 4) is 6.07 Å². The van der Waals surface area contributed by atoms with Crippen LogP contribution >= 0.6 is 0 Å². The van der Waals surface area contributed by atoms with Gasteiger partial charge in [0.1, 0.15) is 5.41 Å². The zero-order valence-electron chi connectivity index (χ0n) is 10.5. The summed E-state index contributed by atoms with van der Waals surface area (Å²) in [6.07, 6.45) is 0.872. The molecule has 1 fully saturated rings. The number of nitriles is 1. The highest BCUT2D eigenvalue weighted by molar-refractivity contribution is 5.98. The Morgan fingerprint density at radius 3 is 2.67 bits per heavy atom. The van der Waals surface area contributed by atoms with Crippen molar-refractivity contribution in [2.75, 3.05) is 18.5 Å². The maximum atomic E-state index is 12.3. The van der Waals surface area contributed by atoms with Gasteiger partial charge in [0.15, 0.2) is 0 Å². The molecule has 6 nitrogen and oxygen atoms in total. The molecule has 1 aromatic rings. The van der Waals surface area contributed by atoms with Gasteiger partial charge in [0, 0.05) is 13.2 Å². The number of carbonyl (C=O) groups is 1. The van der Waals surface area contributed by atoms with Gasteiger partial charge in [0.25, 0.3) is 0 Å². The fourth-order valence-corrected chi connectivity index (χ4v) is 2.08. The molecule has 2 heterocycles. The van der Waals surface area contributed by atoms with Crippen molar-refractivity contribution in [3.05, 3.63) is 11.4 Å². The summed E-state index contributed by atoms with van der Waals surface area (Å²) in [7, 11) is 0. The minimum atomic E-state index is -0.978. The molecule has 0 bridgehead atoms. The molecule has 0 saturated carbocycles. The van der Waals surface area contributed by atoms with Crippen LogP contribution in [0.2, 0.25) is 0 Å². The quantitative estimate of drug-likeness (QED) is 0.825. The van der Waals surface area contributed by atoms with Crippen molar-refractivity contribution in [2.24, 2.45) is 5.41 Å². The predicted octanol–water partition coefficient (Wildman–Crippen LogP) is 1.29. The van der Waals surface area contributed by atoms with Gasteiger partial charge in [-0.05, 0) is 26.7 Å². The Labute approximate surface area is 105 Å². The highest BCUT2D eigenvalue weighted by Gasteiger charge is 2.40. The third-order valence-corrected chi connectivity index (χ3v) is 3.36. The Morgan fingerprint density at radius 2 is 2.17 bits per heavy atom. The number of hydrogen-bond acceptors (Lipinski definition) is 4. The molecule has 0 aromatic carbocycles. The average Bonchev–Trinajstić information content (AvgIpc) is 2.71. The van der Waals surface area contributed by atoms with E-state index in [0.717, 1.165) is 11.4 Å². The van der Waals surface area contributed by atoms with Crippen molar-refractivity contribution in [2.45, 2.75) is 26.7 Å². The van der Waals surface area contributed by atoms with Crippen molar-refractivity contribution in [3.63, 3.8) is 0 Å². The summed E-state index contributed by atoms with van der Waals surface area (Å²) < 4.78 is 5.21. The smallest absolute Gasteiger partial charge is 0.245 e. The van der Waals surface area contributed by atoms with Gasteiger partial charge < -0.3 is 10.1 Å². The topological polar surface area (TPSA) is 90.8 Å². The van der Waals surface area contributed by atoms with Gasteiger partial charge in [-0.25, -0.2) is 0 Å². The summed E-state index contributed by atoms with van der Waals surface area (Å²) in [6, 6.07) is 2.15. The van der Waals surface area contributed by atoms with Crippen molar-refractivity contribution < 1.29 is 9.53 Å². The maximum absolute atomic E-state index is 12.3. The Kier molecular flexibility index (Phi) is 3.34. The molecule has 18 heavy (non-hydrogen) atoms. The molecule has 0 aliphatic carbocycles. The first-order valence-corrected chi connectivity index (χ1v) is 5.91. The number of amides is 1. The number of carbonyl (C=O) groups excluding carboxylic acids is 1. The van der Waals surface area contributed by atoms with E-state index in [4.69, 9.17) is 4.74 Å². The predicted molar refractivity (Wildman–Crippen MR) is 64.8 cm³/mol. The molecular formula is C12H16N4O2. The second kappa shape index (κ2) is 4.78. The number of ether oxygens (including phenoxy) is 1. The fourth-order valence-electron chi connectivity index (χ4n) is 2.08. The largest absolute Gasteiger partial charge is 0.381 e. The minimum absolute atomic E-state index is 0.263. The summed E-state index contributed by atoms with van der Waals surface area (Å²) in [4.78, 5) is 12.3. The van der Waals surface area contributed by atoms with Crippen molar-refractivity contribution in [1.29, 1.82) is 5.26 Å². The molecule has 2 N–H and O–H groups in total. The fraction of sp³-hybridized carbons (Fsp3) is 0.583. The molecule has 0 atom stereocenters. The van der Waals surface area contributed by atoms with Gasteiger partial charge in [-0.1, -0.05) is 0 Å². The molecule has 96 valence electrons. The molecule has 1 amide bonds. The van der Waals surface area contributed by atoms with E-state index in [1.54, 1.807) is 0 Å². The molecule has 1 aliphatic rings. The van der Waals surface area contributed by atoms with E-state index in [1.807, 2.05) is 13.8 Å². The van der Waals surface area contributed by atoms with Crippen LogP contribution in [-0.4, -0.2) is 29.3 Å². The van der Waals surface area contributed by atoms with Crippen LogP contribution in [0.4, 0.5) is 5.69 Å². The number of nitrogens with zero attached hydrogens (tertiary/aromatic N) is 2. The maximum Gasteiger partial charge on any atom is 0.245 e. The molecule has 0 spiro atoms. The Hall–Kier alpha value is -1.87. The zero-order chi connectivity index (χ0) is 13.2. The third kappa shape index (κ3) is 2.09. The Morgan fingerprint density at radius 1 is 1.50 bits per heavy atom. The van der Waals surface area contributed by atoms with Crippen LogP contribution in [-0.2, 0) is 9.53 Å². The number of aromatic amines is 1. The van der Waals surface area contributed by atoms with E-state index in [2.05, 4.69) is 21.6 Å². The molecule has 1 aromatic heterocycles. The van der Waals surface area contributed by atoms with E-state index in [1.165, 1.54) is 0 Å². The normalized spacial score (nSPS) is 18.1. The first kappa shape index (κ1) is 12.6. The lowest BCUT2D eigenvalue weighted by molar-refractivity contribution is -0.126. The van der Waals surface area contributed by atoms with Crippen LogP contribution in [0, 0.1) is 30.6 Å². The van der Waals surface area contributed by atoms with Crippen LogP contribution in [0.3, 0.4) is 0 Å². The summed E-state index contributed by atoms with van der Waals surface area (Å²) >= 11 is 0. The number of nitrogens with one attached hydrogen (secondary N) is 2. The second-order valence-electron chi connectivity index (χ2n) is 4.57. The Balaban J connectivity index is 2.19. The van der Waals surface area contributed by atoms with Crippen LogP contribution in [0.1, 0.15) is 24.2 Å². The van der Waals surface area contributed by atoms with E-state index < -0.39 is 5.41 Å². The molecule has 0 radical (unpaired) electrons. The first-order valence-electron chi connectivity index (χ1n) is 5.91. The van der Waals surface area contributed by atoms with E-state index in [9.17, 15) is 10.1 Å². The molecule has 0 unspecified atom stereocenters. The Bertz CT molecular complexity index is 475.